The second kappa shape index (κ2) is 7.71. The average Bonchev–Trinajstić information content (AvgIpc) is 3.01. The standard InChI is InChI=1S/C25H31NO2/c1-4-6-19(3)24(27)26-17-25(11-13-28-14-12-25)22-16-21(9-10-23(22)26)20-8-5-7-18(2)15-20/h5,7-10,15-16,19H,4,6,11-14,17H2,1-3H3. The van der Waals surface area contributed by atoms with E-state index in [4.69, 9.17) is 4.74 Å². The first-order valence-electron chi connectivity index (χ1n) is 10.6. The van der Waals surface area contributed by atoms with Crippen LogP contribution in [0.5, 0.6) is 0 Å². The Bertz CT molecular complexity index is 867. The van der Waals surface area contributed by atoms with Crippen LogP contribution >= 0.6 is 0 Å². The number of hydrogen-bond acceptors (Lipinski definition) is 2. The Morgan fingerprint density at radius 3 is 2.61 bits per heavy atom. The maximum Gasteiger partial charge on any atom is 0.229 e. The van der Waals surface area contributed by atoms with Gasteiger partial charge in [-0.15, -0.1) is 0 Å². The van der Waals surface area contributed by atoms with Gasteiger partial charge >= 0.3 is 0 Å². The first-order chi connectivity index (χ1) is 13.5. The summed E-state index contributed by atoms with van der Waals surface area (Å²) in [5.41, 5.74) is 6.25. The van der Waals surface area contributed by atoms with Gasteiger partial charge in [0.15, 0.2) is 0 Å². The number of aryl methyl sites for hydroxylation is 1. The quantitative estimate of drug-likeness (QED) is 0.705. The van der Waals surface area contributed by atoms with E-state index < -0.39 is 0 Å². The number of rotatable bonds is 4. The smallest absolute Gasteiger partial charge is 0.229 e. The number of benzene rings is 2. The Morgan fingerprint density at radius 2 is 1.89 bits per heavy atom. The van der Waals surface area contributed by atoms with E-state index in [1.165, 1.54) is 22.3 Å². The number of anilines is 1. The van der Waals surface area contributed by atoms with Gasteiger partial charge in [-0.1, -0.05) is 56.2 Å². The largest absolute Gasteiger partial charge is 0.381 e. The minimum absolute atomic E-state index is 0.0367. The van der Waals surface area contributed by atoms with Gasteiger partial charge in [-0.2, -0.15) is 0 Å². The van der Waals surface area contributed by atoms with Gasteiger partial charge in [-0.05, 0) is 55.0 Å². The molecule has 2 heterocycles. The molecule has 3 heteroatoms. The molecule has 1 fully saturated rings. The van der Waals surface area contributed by atoms with E-state index in [-0.39, 0.29) is 17.2 Å². The van der Waals surface area contributed by atoms with E-state index in [1.807, 2.05) is 0 Å². The van der Waals surface area contributed by atoms with E-state index >= 15 is 0 Å². The zero-order chi connectivity index (χ0) is 19.7. The Kier molecular flexibility index (Phi) is 5.29. The van der Waals surface area contributed by atoms with E-state index in [1.54, 1.807) is 0 Å². The third-order valence-electron chi connectivity index (χ3n) is 6.53. The number of nitrogens with zero attached hydrogens (tertiary/aromatic N) is 1. The molecule has 1 atom stereocenters. The van der Waals surface area contributed by atoms with Gasteiger partial charge in [0.1, 0.15) is 0 Å². The van der Waals surface area contributed by atoms with Crippen molar-refractivity contribution in [1.29, 1.82) is 0 Å². The number of amides is 1. The maximum atomic E-state index is 13.2. The summed E-state index contributed by atoms with van der Waals surface area (Å²) in [5, 5.41) is 0. The number of carbonyl (C=O) groups excluding carboxylic acids is 1. The van der Waals surface area contributed by atoms with Gasteiger partial charge in [-0.25, -0.2) is 0 Å². The molecule has 0 N–H and O–H groups in total. The molecular formula is C25H31NO2. The summed E-state index contributed by atoms with van der Waals surface area (Å²) in [6.07, 6.45) is 3.97. The summed E-state index contributed by atoms with van der Waals surface area (Å²) in [5.74, 6) is 0.346. The Balaban J connectivity index is 1.76. The highest BCUT2D eigenvalue weighted by molar-refractivity contribution is 5.98. The SMILES string of the molecule is CCCC(C)C(=O)N1CC2(CCOCC2)c2cc(-c3cccc(C)c3)ccc21. The number of carbonyl (C=O) groups is 1. The first-order valence-corrected chi connectivity index (χ1v) is 10.6. The normalized spacial score (nSPS) is 18.9. The van der Waals surface area contributed by atoms with Gasteiger partial charge in [0, 0.05) is 36.8 Å². The second-order valence-corrected chi connectivity index (χ2v) is 8.61. The molecular weight excluding hydrogens is 346 g/mol. The molecule has 2 aromatic carbocycles. The highest BCUT2D eigenvalue weighted by Crippen LogP contribution is 2.48. The number of hydrogen-bond donors (Lipinski definition) is 0. The molecule has 1 unspecified atom stereocenters. The second-order valence-electron chi connectivity index (χ2n) is 8.61. The van der Waals surface area contributed by atoms with Gasteiger partial charge < -0.3 is 9.64 Å². The van der Waals surface area contributed by atoms with Crippen LogP contribution in [0.2, 0.25) is 0 Å². The first kappa shape index (κ1) is 19.2. The number of fused-ring (bicyclic) bond motifs is 2. The van der Waals surface area contributed by atoms with Crippen LogP contribution in [0, 0.1) is 12.8 Å². The molecule has 0 aliphatic carbocycles. The molecule has 2 aliphatic heterocycles. The van der Waals surface area contributed by atoms with Crippen molar-refractivity contribution in [2.24, 2.45) is 5.92 Å². The zero-order valence-corrected chi connectivity index (χ0v) is 17.3. The van der Waals surface area contributed by atoms with Crippen LogP contribution in [0.1, 0.15) is 50.7 Å². The molecule has 0 radical (unpaired) electrons. The van der Waals surface area contributed by atoms with E-state index in [2.05, 4.69) is 68.1 Å². The molecule has 4 rings (SSSR count). The molecule has 2 aromatic rings. The predicted octanol–water partition coefficient (Wildman–Crippen LogP) is 5.49. The van der Waals surface area contributed by atoms with Crippen LogP contribution in [0.15, 0.2) is 42.5 Å². The molecule has 148 valence electrons. The predicted molar refractivity (Wildman–Crippen MR) is 115 cm³/mol. The van der Waals surface area contributed by atoms with Crippen LogP contribution in [-0.4, -0.2) is 25.7 Å². The highest BCUT2D eigenvalue weighted by atomic mass is 16.5. The van der Waals surface area contributed by atoms with Gasteiger partial charge in [0.25, 0.3) is 0 Å². The van der Waals surface area contributed by atoms with Crippen LogP contribution in [0.4, 0.5) is 5.69 Å². The summed E-state index contributed by atoms with van der Waals surface area (Å²) in [7, 11) is 0. The fourth-order valence-corrected chi connectivity index (χ4v) is 4.88. The molecule has 1 saturated heterocycles. The van der Waals surface area contributed by atoms with Crippen LogP contribution in [0.25, 0.3) is 11.1 Å². The minimum atomic E-state index is 0.0367. The molecule has 0 aromatic heterocycles. The lowest BCUT2D eigenvalue weighted by molar-refractivity contribution is -0.122. The lowest BCUT2D eigenvalue weighted by Gasteiger charge is -2.34. The monoisotopic (exact) mass is 377 g/mol. The molecule has 0 saturated carbocycles. The van der Waals surface area contributed by atoms with Crippen molar-refractivity contribution in [2.45, 2.75) is 51.9 Å². The minimum Gasteiger partial charge on any atom is -0.381 e. The molecule has 2 aliphatic rings. The molecule has 0 bridgehead atoms. The summed E-state index contributed by atoms with van der Waals surface area (Å²) >= 11 is 0. The number of ether oxygens (including phenoxy) is 1. The lowest BCUT2D eigenvalue weighted by Crippen LogP contribution is -2.42. The Hall–Kier alpha value is -2.13. The summed E-state index contributed by atoms with van der Waals surface area (Å²) in [6.45, 7) is 8.71. The van der Waals surface area contributed by atoms with Crippen molar-refractivity contribution >= 4 is 11.6 Å². The third-order valence-corrected chi connectivity index (χ3v) is 6.53. The van der Waals surface area contributed by atoms with Crippen LogP contribution < -0.4 is 4.90 Å². The lowest BCUT2D eigenvalue weighted by atomic mass is 9.75. The fraction of sp³-hybridized carbons (Fsp3) is 0.480. The van der Waals surface area contributed by atoms with Gasteiger partial charge in [-0.3, -0.25) is 4.79 Å². The van der Waals surface area contributed by atoms with Crippen molar-refractivity contribution in [3.8, 4) is 11.1 Å². The molecule has 3 nitrogen and oxygen atoms in total. The van der Waals surface area contributed by atoms with E-state index in [0.29, 0.717) is 0 Å². The van der Waals surface area contributed by atoms with Gasteiger partial charge in [0.2, 0.25) is 5.91 Å². The Morgan fingerprint density at radius 1 is 1.14 bits per heavy atom. The molecule has 1 amide bonds. The fourth-order valence-electron chi connectivity index (χ4n) is 4.88. The zero-order valence-electron chi connectivity index (χ0n) is 17.3. The summed E-state index contributed by atoms with van der Waals surface area (Å²) in [6, 6.07) is 15.3. The topological polar surface area (TPSA) is 29.5 Å². The van der Waals surface area contributed by atoms with Crippen molar-refractivity contribution in [1.82, 2.24) is 0 Å². The molecule has 1 spiro atoms. The van der Waals surface area contributed by atoms with Crippen LogP contribution in [-0.2, 0) is 14.9 Å². The third kappa shape index (κ3) is 3.37. The van der Waals surface area contributed by atoms with Crippen LogP contribution in [0.3, 0.4) is 0 Å². The van der Waals surface area contributed by atoms with Crippen molar-refractivity contribution in [2.75, 3.05) is 24.7 Å². The van der Waals surface area contributed by atoms with E-state index in [9.17, 15) is 4.79 Å². The van der Waals surface area contributed by atoms with Gasteiger partial charge in [0.05, 0.1) is 0 Å². The maximum absolute atomic E-state index is 13.2. The van der Waals surface area contributed by atoms with E-state index in [0.717, 1.165) is 51.1 Å². The summed E-state index contributed by atoms with van der Waals surface area (Å²) < 4.78 is 5.68. The van der Waals surface area contributed by atoms with Crippen molar-refractivity contribution in [3.63, 3.8) is 0 Å². The van der Waals surface area contributed by atoms with Crippen molar-refractivity contribution < 1.29 is 9.53 Å². The summed E-state index contributed by atoms with van der Waals surface area (Å²) in [4.78, 5) is 15.3. The highest BCUT2D eigenvalue weighted by Gasteiger charge is 2.46. The van der Waals surface area contributed by atoms with Crippen molar-refractivity contribution in [3.05, 3.63) is 53.6 Å². The Labute approximate surface area is 168 Å². The average molecular weight is 378 g/mol. The molecule has 28 heavy (non-hydrogen) atoms.